The van der Waals surface area contributed by atoms with E-state index in [1.807, 2.05) is 30.3 Å². The predicted molar refractivity (Wildman–Crippen MR) is 130 cm³/mol. The first-order valence-corrected chi connectivity index (χ1v) is 10.8. The van der Waals surface area contributed by atoms with Gasteiger partial charge in [0, 0.05) is 39.9 Å². The molecule has 0 fully saturated rings. The van der Waals surface area contributed by atoms with Crippen LogP contribution in [0.4, 0.5) is 18.9 Å². The van der Waals surface area contributed by atoms with Crippen molar-refractivity contribution < 1.29 is 36.6 Å². The summed E-state index contributed by atoms with van der Waals surface area (Å²) in [5.41, 5.74) is 3.88. The van der Waals surface area contributed by atoms with E-state index in [1.165, 1.54) is 25.3 Å². The van der Waals surface area contributed by atoms with Gasteiger partial charge in [-0.1, -0.05) is 18.2 Å². The minimum absolute atomic E-state index is 0.314. The maximum absolute atomic E-state index is 12.6. The van der Waals surface area contributed by atoms with Crippen LogP contribution >= 0.6 is 0 Å². The highest BCUT2D eigenvalue weighted by atomic mass is 19.4. The minimum atomic E-state index is -4.79. The fraction of sp³-hybridized carbons (Fsp3) is 0.148. The molecule has 0 unspecified atom stereocenters. The second-order valence-corrected chi connectivity index (χ2v) is 7.79. The van der Waals surface area contributed by atoms with Crippen LogP contribution in [-0.4, -0.2) is 26.5 Å². The van der Waals surface area contributed by atoms with Crippen molar-refractivity contribution in [2.75, 3.05) is 19.5 Å². The molecule has 0 aliphatic rings. The lowest BCUT2D eigenvalue weighted by Crippen LogP contribution is -2.17. The molecule has 0 saturated heterocycles. The number of ether oxygens (including phenoxy) is 3. The Morgan fingerprint density at radius 2 is 1.64 bits per heavy atom. The molecule has 6 nitrogen and oxygen atoms in total. The van der Waals surface area contributed by atoms with Crippen molar-refractivity contribution in [2.45, 2.75) is 13.3 Å². The molecule has 0 bridgehead atoms. The third-order valence-corrected chi connectivity index (χ3v) is 5.42. The van der Waals surface area contributed by atoms with Crippen LogP contribution in [0.15, 0.2) is 77.4 Å². The van der Waals surface area contributed by atoms with Gasteiger partial charge in [0.1, 0.15) is 22.8 Å². The number of methoxy groups -OCH3 is 2. The zero-order chi connectivity index (χ0) is 25.9. The smallest absolute Gasteiger partial charge is 0.496 e. The lowest BCUT2D eigenvalue weighted by molar-refractivity contribution is -0.274. The maximum Gasteiger partial charge on any atom is 0.573 e. The standard InChI is InChI=1S/C27H22F3NO5/c1-16(12-26(32)31-17-8-10-18(11-9-17)36-27(28,29)30)20-13-21-22(15-35-25(21)14-24(20)34-3)19-6-4-5-7-23(19)33-2/h4-15H,1-3H3,(H,31,32)/b16-12+. The van der Waals surface area contributed by atoms with Gasteiger partial charge in [-0.25, -0.2) is 0 Å². The molecule has 0 aliphatic carbocycles. The van der Waals surface area contributed by atoms with E-state index in [4.69, 9.17) is 13.9 Å². The first kappa shape index (κ1) is 24.7. The van der Waals surface area contributed by atoms with Crippen molar-refractivity contribution in [3.05, 3.63) is 78.6 Å². The van der Waals surface area contributed by atoms with Crippen LogP contribution in [-0.2, 0) is 4.79 Å². The molecule has 4 rings (SSSR count). The Hall–Kier alpha value is -4.40. The number of fused-ring (bicyclic) bond motifs is 1. The normalized spacial score (nSPS) is 11.9. The SMILES string of the molecule is COc1cc2occ(-c3ccccc3OC)c2cc1/C(C)=C/C(=O)Nc1ccc(OC(F)(F)F)cc1. The van der Waals surface area contributed by atoms with Crippen LogP contribution in [0.3, 0.4) is 0 Å². The van der Waals surface area contributed by atoms with Gasteiger partial charge in [0.15, 0.2) is 0 Å². The Kier molecular flexibility index (Phi) is 6.91. The molecule has 1 N–H and O–H groups in total. The highest BCUT2D eigenvalue weighted by Gasteiger charge is 2.31. The first-order valence-electron chi connectivity index (χ1n) is 10.8. The van der Waals surface area contributed by atoms with Gasteiger partial charge in [-0.05, 0) is 48.9 Å². The maximum atomic E-state index is 12.6. The van der Waals surface area contributed by atoms with Gasteiger partial charge in [0.05, 0.1) is 20.5 Å². The van der Waals surface area contributed by atoms with Gasteiger partial charge >= 0.3 is 6.36 Å². The quantitative estimate of drug-likeness (QED) is 0.277. The van der Waals surface area contributed by atoms with Crippen LogP contribution in [0, 0.1) is 0 Å². The number of alkyl halides is 3. The fourth-order valence-electron chi connectivity index (χ4n) is 3.80. The van der Waals surface area contributed by atoms with E-state index in [0.29, 0.717) is 33.9 Å². The summed E-state index contributed by atoms with van der Waals surface area (Å²) in [5, 5.41) is 3.44. The largest absolute Gasteiger partial charge is 0.573 e. The second kappa shape index (κ2) is 10.1. The first-order chi connectivity index (χ1) is 17.2. The van der Waals surface area contributed by atoms with E-state index in [-0.39, 0.29) is 5.75 Å². The number of carbonyl (C=O) groups excluding carboxylic acids is 1. The number of furan rings is 1. The highest BCUT2D eigenvalue weighted by Crippen LogP contribution is 2.40. The van der Waals surface area contributed by atoms with E-state index in [1.54, 1.807) is 26.4 Å². The van der Waals surface area contributed by atoms with Crippen LogP contribution in [0.5, 0.6) is 17.2 Å². The number of para-hydroxylation sites is 1. The number of carbonyl (C=O) groups is 1. The van der Waals surface area contributed by atoms with Crippen molar-refractivity contribution >= 4 is 28.1 Å². The molecule has 36 heavy (non-hydrogen) atoms. The zero-order valence-electron chi connectivity index (χ0n) is 19.6. The molecular formula is C27H22F3NO5. The number of hydrogen-bond donors (Lipinski definition) is 1. The second-order valence-electron chi connectivity index (χ2n) is 7.79. The summed E-state index contributed by atoms with van der Waals surface area (Å²) >= 11 is 0. The van der Waals surface area contributed by atoms with Crippen LogP contribution in [0.25, 0.3) is 27.7 Å². The number of nitrogens with one attached hydrogen (secondary N) is 1. The summed E-state index contributed by atoms with van der Waals surface area (Å²) in [6.45, 7) is 1.76. The minimum Gasteiger partial charge on any atom is -0.496 e. The number of benzene rings is 3. The van der Waals surface area contributed by atoms with Crippen molar-refractivity contribution in [1.82, 2.24) is 0 Å². The summed E-state index contributed by atoms with van der Waals surface area (Å²) in [6, 6.07) is 16.1. The average Bonchev–Trinajstić information content (AvgIpc) is 3.26. The number of hydrogen-bond acceptors (Lipinski definition) is 5. The molecule has 4 aromatic rings. The number of rotatable bonds is 7. The van der Waals surface area contributed by atoms with Gasteiger partial charge in [-0.3, -0.25) is 4.79 Å². The number of anilines is 1. The van der Waals surface area contributed by atoms with Gasteiger partial charge in [0.2, 0.25) is 5.91 Å². The van der Waals surface area contributed by atoms with Crippen LogP contribution < -0.4 is 19.5 Å². The van der Waals surface area contributed by atoms with E-state index in [9.17, 15) is 18.0 Å². The van der Waals surface area contributed by atoms with Gasteiger partial charge in [-0.15, -0.1) is 13.2 Å². The summed E-state index contributed by atoms with van der Waals surface area (Å²) in [6.07, 6.45) is -1.76. The molecule has 186 valence electrons. The Bertz CT molecular complexity index is 1420. The number of amides is 1. The third kappa shape index (κ3) is 5.46. The molecule has 1 heterocycles. The molecular weight excluding hydrogens is 475 g/mol. The van der Waals surface area contributed by atoms with Crippen molar-refractivity contribution in [3.8, 4) is 28.4 Å². The van der Waals surface area contributed by atoms with Crippen molar-refractivity contribution in [2.24, 2.45) is 0 Å². The summed E-state index contributed by atoms with van der Waals surface area (Å²) < 4.78 is 57.6. The molecule has 0 aliphatic heterocycles. The Labute approximate surface area is 204 Å². The molecule has 0 spiro atoms. The lowest BCUT2D eigenvalue weighted by Gasteiger charge is -2.11. The number of allylic oxidation sites excluding steroid dienone is 1. The van der Waals surface area contributed by atoms with E-state index in [0.717, 1.165) is 28.6 Å². The monoisotopic (exact) mass is 497 g/mol. The Morgan fingerprint density at radius 1 is 0.944 bits per heavy atom. The molecule has 3 aromatic carbocycles. The van der Waals surface area contributed by atoms with Gasteiger partial charge in [0.25, 0.3) is 0 Å². The fourth-order valence-corrected chi connectivity index (χ4v) is 3.80. The Balaban J connectivity index is 1.62. The molecule has 0 atom stereocenters. The molecule has 1 aromatic heterocycles. The molecule has 0 radical (unpaired) electrons. The van der Waals surface area contributed by atoms with Crippen molar-refractivity contribution in [1.29, 1.82) is 0 Å². The van der Waals surface area contributed by atoms with Crippen LogP contribution in [0.1, 0.15) is 12.5 Å². The van der Waals surface area contributed by atoms with Crippen LogP contribution in [0.2, 0.25) is 0 Å². The summed E-state index contributed by atoms with van der Waals surface area (Å²) in [7, 11) is 3.12. The lowest BCUT2D eigenvalue weighted by atomic mass is 9.98. The summed E-state index contributed by atoms with van der Waals surface area (Å²) in [4.78, 5) is 12.6. The number of halogens is 3. The van der Waals surface area contributed by atoms with E-state index in [2.05, 4.69) is 10.1 Å². The van der Waals surface area contributed by atoms with Gasteiger partial charge in [-0.2, -0.15) is 0 Å². The third-order valence-electron chi connectivity index (χ3n) is 5.42. The summed E-state index contributed by atoms with van der Waals surface area (Å²) in [5.74, 6) is 0.363. The predicted octanol–water partition coefficient (Wildman–Crippen LogP) is 7.06. The Morgan fingerprint density at radius 3 is 2.31 bits per heavy atom. The highest BCUT2D eigenvalue weighted by molar-refractivity contribution is 6.05. The van der Waals surface area contributed by atoms with E-state index >= 15 is 0 Å². The van der Waals surface area contributed by atoms with Gasteiger partial charge < -0.3 is 23.9 Å². The van der Waals surface area contributed by atoms with Crippen molar-refractivity contribution in [3.63, 3.8) is 0 Å². The van der Waals surface area contributed by atoms with E-state index < -0.39 is 12.3 Å². The average molecular weight is 497 g/mol. The zero-order valence-corrected chi connectivity index (χ0v) is 19.6. The molecule has 1 amide bonds. The molecule has 9 heteroatoms. The topological polar surface area (TPSA) is 69.9 Å². The molecule has 0 saturated carbocycles.